The van der Waals surface area contributed by atoms with E-state index in [1.165, 1.54) is 30.4 Å². The van der Waals surface area contributed by atoms with Gasteiger partial charge >= 0.3 is 0 Å². The van der Waals surface area contributed by atoms with E-state index in [1.807, 2.05) is 0 Å². The van der Waals surface area contributed by atoms with Crippen molar-refractivity contribution >= 4 is 5.91 Å². The molecular formula is C17H22N2O. The summed E-state index contributed by atoms with van der Waals surface area (Å²) in [6.07, 6.45) is 6.53. The first-order valence-corrected chi connectivity index (χ1v) is 7.88. The molecule has 0 radical (unpaired) electrons. The molecule has 3 atom stereocenters. The number of benzene rings is 1. The van der Waals surface area contributed by atoms with Gasteiger partial charge in [0.2, 0.25) is 5.91 Å². The highest BCUT2D eigenvalue weighted by Gasteiger charge is 2.57. The fraction of sp³-hybridized carbons (Fsp3) is 0.588. The zero-order chi connectivity index (χ0) is 13.7. The molecule has 0 unspecified atom stereocenters. The minimum Gasteiger partial charge on any atom is -0.316 e. The Balaban J connectivity index is 1.78. The van der Waals surface area contributed by atoms with Crippen LogP contribution in [-0.4, -0.2) is 22.9 Å². The molecule has 2 heterocycles. The number of hydrogen-bond donors (Lipinski definition) is 1. The molecule has 2 saturated heterocycles. The molecule has 1 aliphatic carbocycles. The van der Waals surface area contributed by atoms with E-state index in [1.54, 1.807) is 0 Å². The van der Waals surface area contributed by atoms with Gasteiger partial charge in [-0.15, -0.1) is 0 Å². The number of hydrogen-bond acceptors (Lipinski definition) is 2. The van der Waals surface area contributed by atoms with Crippen molar-refractivity contribution in [2.75, 3.05) is 0 Å². The van der Waals surface area contributed by atoms with Crippen molar-refractivity contribution in [2.45, 2.75) is 63.2 Å². The standard InChI is InChI=1S/C17H22N2O/c1-12-6-8-13(9-7-12)17-11-10-16(20)19(17)15-5-3-2-4-14(15)18-17/h6-9,14-15,18H,2-5,10-11H2,1H3/t14-,15-,17+/m0/s1. The molecule has 106 valence electrons. The summed E-state index contributed by atoms with van der Waals surface area (Å²) in [7, 11) is 0. The lowest BCUT2D eigenvalue weighted by Crippen LogP contribution is -2.47. The fourth-order valence-corrected chi connectivity index (χ4v) is 4.44. The maximum Gasteiger partial charge on any atom is 0.224 e. The maximum absolute atomic E-state index is 12.4. The van der Waals surface area contributed by atoms with Gasteiger partial charge in [-0.3, -0.25) is 10.1 Å². The Kier molecular flexibility index (Phi) is 2.68. The van der Waals surface area contributed by atoms with E-state index in [0.717, 1.165) is 12.8 Å². The molecule has 0 aromatic heterocycles. The van der Waals surface area contributed by atoms with Gasteiger partial charge in [-0.25, -0.2) is 0 Å². The van der Waals surface area contributed by atoms with E-state index >= 15 is 0 Å². The summed E-state index contributed by atoms with van der Waals surface area (Å²) in [5, 5.41) is 3.84. The number of rotatable bonds is 1. The zero-order valence-corrected chi connectivity index (χ0v) is 12.1. The molecule has 20 heavy (non-hydrogen) atoms. The second kappa shape index (κ2) is 4.32. The number of fused-ring (bicyclic) bond motifs is 3. The first-order valence-electron chi connectivity index (χ1n) is 7.88. The lowest BCUT2D eigenvalue weighted by molar-refractivity contribution is -0.132. The quantitative estimate of drug-likeness (QED) is 0.851. The Hall–Kier alpha value is -1.35. The first kappa shape index (κ1) is 12.4. The van der Waals surface area contributed by atoms with Crippen LogP contribution in [0.15, 0.2) is 24.3 Å². The summed E-state index contributed by atoms with van der Waals surface area (Å²) in [6, 6.07) is 9.63. The number of nitrogens with zero attached hydrogens (tertiary/aromatic N) is 1. The van der Waals surface area contributed by atoms with Crippen LogP contribution >= 0.6 is 0 Å². The predicted molar refractivity (Wildman–Crippen MR) is 78.1 cm³/mol. The van der Waals surface area contributed by atoms with Crippen LogP contribution in [0.4, 0.5) is 0 Å². The summed E-state index contributed by atoms with van der Waals surface area (Å²) >= 11 is 0. The average Bonchev–Trinajstić information content (AvgIpc) is 2.96. The third kappa shape index (κ3) is 1.59. The fourth-order valence-electron chi connectivity index (χ4n) is 4.44. The zero-order valence-electron chi connectivity index (χ0n) is 12.1. The Morgan fingerprint density at radius 1 is 1.20 bits per heavy atom. The topological polar surface area (TPSA) is 32.3 Å². The van der Waals surface area contributed by atoms with E-state index in [4.69, 9.17) is 0 Å². The van der Waals surface area contributed by atoms with Gasteiger partial charge in [0, 0.05) is 18.5 Å². The molecule has 3 fully saturated rings. The second-order valence-electron chi connectivity index (χ2n) is 6.59. The van der Waals surface area contributed by atoms with Crippen LogP contribution in [0.5, 0.6) is 0 Å². The van der Waals surface area contributed by atoms with E-state index in [-0.39, 0.29) is 5.66 Å². The predicted octanol–water partition coefficient (Wildman–Crippen LogP) is 2.68. The summed E-state index contributed by atoms with van der Waals surface area (Å²) in [5.41, 5.74) is 2.32. The van der Waals surface area contributed by atoms with Gasteiger partial charge in [0.15, 0.2) is 0 Å². The minimum absolute atomic E-state index is 0.218. The minimum atomic E-state index is -0.218. The number of amides is 1. The third-order valence-electron chi connectivity index (χ3n) is 5.40. The SMILES string of the molecule is Cc1ccc([C@@]23CCC(=O)N2[C@H]2CCCC[C@@H]2N3)cc1. The van der Waals surface area contributed by atoms with Crippen LogP contribution in [0.2, 0.25) is 0 Å². The highest BCUT2D eigenvalue weighted by molar-refractivity contribution is 5.81. The molecule has 3 nitrogen and oxygen atoms in total. The highest BCUT2D eigenvalue weighted by Crippen LogP contribution is 2.47. The van der Waals surface area contributed by atoms with E-state index in [9.17, 15) is 4.79 Å². The molecule has 1 N–H and O–H groups in total. The van der Waals surface area contributed by atoms with Gasteiger partial charge in [0.05, 0.1) is 0 Å². The monoisotopic (exact) mass is 270 g/mol. The van der Waals surface area contributed by atoms with Crippen LogP contribution < -0.4 is 5.32 Å². The van der Waals surface area contributed by atoms with Crippen molar-refractivity contribution in [2.24, 2.45) is 0 Å². The van der Waals surface area contributed by atoms with Gasteiger partial charge in [0.1, 0.15) is 5.66 Å². The Bertz CT molecular complexity index is 538. The van der Waals surface area contributed by atoms with Crippen molar-refractivity contribution in [1.29, 1.82) is 0 Å². The number of carbonyl (C=O) groups excluding carboxylic acids is 1. The normalized spacial score (nSPS) is 36.0. The van der Waals surface area contributed by atoms with E-state index in [2.05, 4.69) is 41.4 Å². The van der Waals surface area contributed by atoms with E-state index < -0.39 is 0 Å². The Morgan fingerprint density at radius 2 is 1.95 bits per heavy atom. The lowest BCUT2D eigenvalue weighted by Gasteiger charge is -2.35. The second-order valence-corrected chi connectivity index (χ2v) is 6.59. The van der Waals surface area contributed by atoms with Crippen molar-refractivity contribution in [3.63, 3.8) is 0 Å². The van der Waals surface area contributed by atoms with Gasteiger partial charge < -0.3 is 4.90 Å². The van der Waals surface area contributed by atoms with Crippen LogP contribution in [-0.2, 0) is 10.5 Å². The van der Waals surface area contributed by atoms with Crippen LogP contribution in [0, 0.1) is 6.92 Å². The average molecular weight is 270 g/mol. The molecule has 3 aliphatic rings. The van der Waals surface area contributed by atoms with Crippen LogP contribution in [0.3, 0.4) is 0 Å². The summed E-state index contributed by atoms with van der Waals surface area (Å²) in [6.45, 7) is 2.11. The molecule has 1 saturated carbocycles. The summed E-state index contributed by atoms with van der Waals surface area (Å²) in [4.78, 5) is 14.6. The number of nitrogens with one attached hydrogen (secondary N) is 1. The number of carbonyl (C=O) groups is 1. The number of aryl methyl sites for hydroxylation is 1. The molecule has 0 bridgehead atoms. The van der Waals surface area contributed by atoms with Gasteiger partial charge in [-0.05, 0) is 31.7 Å². The van der Waals surface area contributed by atoms with Gasteiger partial charge in [-0.2, -0.15) is 0 Å². The Morgan fingerprint density at radius 3 is 2.75 bits per heavy atom. The largest absolute Gasteiger partial charge is 0.316 e. The molecule has 1 aromatic carbocycles. The molecular weight excluding hydrogens is 248 g/mol. The smallest absolute Gasteiger partial charge is 0.224 e. The molecule has 2 aliphatic heterocycles. The summed E-state index contributed by atoms with van der Waals surface area (Å²) < 4.78 is 0. The maximum atomic E-state index is 12.4. The Labute approximate surface area is 120 Å². The van der Waals surface area contributed by atoms with Crippen LogP contribution in [0.1, 0.15) is 49.7 Å². The molecule has 0 spiro atoms. The van der Waals surface area contributed by atoms with Gasteiger partial charge in [0.25, 0.3) is 0 Å². The molecule has 1 aromatic rings. The van der Waals surface area contributed by atoms with E-state index in [0.29, 0.717) is 24.4 Å². The van der Waals surface area contributed by atoms with Crippen molar-refractivity contribution < 1.29 is 4.79 Å². The molecule has 1 amide bonds. The van der Waals surface area contributed by atoms with Crippen molar-refractivity contribution in [3.8, 4) is 0 Å². The molecule has 3 heteroatoms. The molecule has 4 rings (SSSR count). The third-order valence-corrected chi connectivity index (χ3v) is 5.40. The van der Waals surface area contributed by atoms with Crippen molar-refractivity contribution in [1.82, 2.24) is 10.2 Å². The first-order chi connectivity index (χ1) is 9.71. The van der Waals surface area contributed by atoms with Gasteiger partial charge in [-0.1, -0.05) is 42.7 Å². The van der Waals surface area contributed by atoms with Crippen LogP contribution in [0.25, 0.3) is 0 Å². The summed E-state index contributed by atoms with van der Waals surface area (Å²) in [5.74, 6) is 0.340. The van der Waals surface area contributed by atoms with Crippen molar-refractivity contribution in [3.05, 3.63) is 35.4 Å². The highest BCUT2D eigenvalue weighted by atomic mass is 16.2. The lowest BCUT2D eigenvalue weighted by atomic mass is 9.91.